The molecular formula is C14H19FN2O2. The van der Waals surface area contributed by atoms with Gasteiger partial charge in [-0.3, -0.25) is 0 Å². The largest absolute Gasteiger partial charge is 0.369 e. The third-order valence-corrected chi connectivity index (χ3v) is 3.73. The summed E-state index contributed by atoms with van der Waals surface area (Å²) in [6.45, 7) is 4.96. The fraction of sp³-hybridized carbons (Fsp3) is 0.571. The van der Waals surface area contributed by atoms with E-state index in [-0.39, 0.29) is 5.82 Å². The fourth-order valence-corrected chi connectivity index (χ4v) is 2.51. The van der Waals surface area contributed by atoms with Crippen LogP contribution in [0.25, 0.3) is 0 Å². The van der Waals surface area contributed by atoms with Gasteiger partial charge in [0.1, 0.15) is 5.82 Å². The Labute approximate surface area is 112 Å². The summed E-state index contributed by atoms with van der Waals surface area (Å²) in [5, 5.41) is 0. The van der Waals surface area contributed by atoms with Crippen molar-refractivity contribution < 1.29 is 13.9 Å². The Hall–Kier alpha value is -1.17. The number of rotatable bonds is 2. The average molecular weight is 266 g/mol. The molecule has 0 radical (unpaired) electrons. The lowest BCUT2D eigenvalue weighted by atomic mass is 10.1. The zero-order valence-corrected chi connectivity index (χ0v) is 11.1. The second kappa shape index (κ2) is 5.45. The molecule has 1 aromatic rings. The minimum absolute atomic E-state index is 0.247. The first kappa shape index (κ1) is 12.8. The summed E-state index contributed by atoms with van der Waals surface area (Å²) < 4.78 is 24.8. The summed E-state index contributed by atoms with van der Waals surface area (Å²) in [4.78, 5) is 4.49. The molecule has 2 saturated heterocycles. The van der Waals surface area contributed by atoms with Crippen LogP contribution >= 0.6 is 0 Å². The van der Waals surface area contributed by atoms with Gasteiger partial charge in [0, 0.05) is 37.4 Å². The minimum Gasteiger partial charge on any atom is -0.369 e. The SMILES string of the molecule is CN1CCN(c2ccc(C3OCCO3)c(F)c2)CC1. The highest BCUT2D eigenvalue weighted by Gasteiger charge is 2.23. The molecular weight excluding hydrogens is 247 g/mol. The molecule has 2 heterocycles. The van der Waals surface area contributed by atoms with Crippen molar-refractivity contribution in [3.8, 4) is 0 Å². The van der Waals surface area contributed by atoms with Crippen molar-refractivity contribution in [1.29, 1.82) is 0 Å². The van der Waals surface area contributed by atoms with Gasteiger partial charge < -0.3 is 19.3 Å². The Morgan fingerprint density at radius 1 is 1.11 bits per heavy atom. The molecule has 3 rings (SSSR count). The van der Waals surface area contributed by atoms with Crippen LogP contribution in [-0.4, -0.2) is 51.3 Å². The summed E-state index contributed by atoms with van der Waals surface area (Å²) in [7, 11) is 2.11. The molecule has 0 aromatic heterocycles. The quantitative estimate of drug-likeness (QED) is 0.812. The molecule has 0 unspecified atom stereocenters. The maximum atomic E-state index is 14.1. The molecule has 0 atom stereocenters. The summed E-state index contributed by atoms with van der Waals surface area (Å²) in [6, 6.07) is 5.32. The standard InChI is InChI=1S/C14H19FN2O2/c1-16-4-6-17(7-5-16)11-2-3-12(13(15)10-11)14-18-8-9-19-14/h2-3,10,14H,4-9H2,1H3. The predicted octanol–water partition coefficient (Wildman–Crippen LogP) is 1.62. The topological polar surface area (TPSA) is 24.9 Å². The van der Waals surface area contributed by atoms with Gasteiger partial charge in [-0.25, -0.2) is 4.39 Å². The Kier molecular flexibility index (Phi) is 3.68. The van der Waals surface area contributed by atoms with Gasteiger partial charge in [0.05, 0.1) is 13.2 Å². The van der Waals surface area contributed by atoms with Crippen molar-refractivity contribution in [1.82, 2.24) is 4.90 Å². The van der Waals surface area contributed by atoms with E-state index in [1.54, 1.807) is 12.1 Å². The summed E-state index contributed by atoms with van der Waals surface area (Å²) >= 11 is 0. The lowest BCUT2D eigenvalue weighted by molar-refractivity contribution is -0.0464. The molecule has 0 saturated carbocycles. The molecule has 1 aromatic carbocycles. The predicted molar refractivity (Wildman–Crippen MR) is 70.8 cm³/mol. The van der Waals surface area contributed by atoms with Crippen LogP contribution in [0.15, 0.2) is 18.2 Å². The molecule has 0 spiro atoms. The van der Waals surface area contributed by atoms with Crippen molar-refractivity contribution in [3.05, 3.63) is 29.6 Å². The smallest absolute Gasteiger partial charge is 0.186 e. The van der Waals surface area contributed by atoms with Gasteiger partial charge in [-0.1, -0.05) is 0 Å². The van der Waals surface area contributed by atoms with Crippen LogP contribution in [0.4, 0.5) is 10.1 Å². The highest BCUT2D eigenvalue weighted by Crippen LogP contribution is 2.28. The zero-order valence-electron chi connectivity index (χ0n) is 11.1. The molecule has 2 fully saturated rings. The van der Waals surface area contributed by atoms with E-state index in [0.717, 1.165) is 31.9 Å². The van der Waals surface area contributed by atoms with Crippen LogP contribution in [0.3, 0.4) is 0 Å². The van der Waals surface area contributed by atoms with E-state index in [2.05, 4.69) is 16.8 Å². The van der Waals surface area contributed by atoms with Crippen molar-refractivity contribution in [2.24, 2.45) is 0 Å². The minimum atomic E-state index is -0.540. The molecule has 4 nitrogen and oxygen atoms in total. The number of piperazine rings is 1. The van der Waals surface area contributed by atoms with Gasteiger partial charge in [0.2, 0.25) is 0 Å². The van der Waals surface area contributed by atoms with E-state index in [4.69, 9.17) is 9.47 Å². The van der Waals surface area contributed by atoms with Crippen LogP contribution in [0.2, 0.25) is 0 Å². The molecule has 0 amide bonds. The van der Waals surface area contributed by atoms with E-state index in [0.29, 0.717) is 18.8 Å². The van der Waals surface area contributed by atoms with Gasteiger partial charge >= 0.3 is 0 Å². The maximum absolute atomic E-state index is 14.1. The molecule has 19 heavy (non-hydrogen) atoms. The Balaban J connectivity index is 1.75. The second-order valence-electron chi connectivity index (χ2n) is 5.07. The molecule has 104 valence electrons. The number of nitrogens with zero attached hydrogens (tertiary/aromatic N) is 2. The van der Waals surface area contributed by atoms with Crippen LogP contribution in [-0.2, 0) is 9.47 Å². The third-order valence-electron chi connectivity index (χ3n) is 3.73. The van der Waals surface area contributed by atoms with Gasteiger partial charge in [-0.15, -0.1) is 0 Å². The Bertz CT molecular complexity index is 441. The Morgan fingerprint density at radius 2 is 1.79 bits per heavy atom. The molecule has 0 bridgehead atoms. The van der Waals surface area contributed by atoms with E-state index in [9.17, 15) is 4.39 Å². The summed E-state index contributed by atoms with van der Waals surface area (Å²) in [6.07, 6.45) is -0.540. The molecule has 0 N–H and O–H groups in total. The highest BCUT2D eigenvalue weighted by atomic mass is 19.1. The summed E-state index contributed by atoms with van der Waals surface area (Å²) in [5.74, 6) is -0.247. The van der Waals surface area contributed by atoms with E-state index >= 15 is 0 Å². The molecule has 5 heteroatoms. The maximum Gasteiger partial charge on any atom is 0.186 e. The van der Waals surface area contributed by atoms with Crippen molar-refractivity contribution in [2.75, 3.05) is 51.3 Å². The van der Waals surface area contributed by atoms with Crippen molar-refractivity contribution >= 4 is 5.69 Å². The Morgan fingerprint density at radius 3 is 2.42 bits per heavy atom. The lowest BCUT2D eigenvalue weighted by Crippen LogP contribution is -2.44. The molecule has 2 aliphatic rings. The second-order valence-corrected chi connectivity index (χ2v) is 5.07. The highest BCUT2D eigenvalue weighted by molar-refractivity contribution is 5.49. The van der Waals surface area contributed by atoms with Gasteiger partial charge in [-0.05, 0) is 25.2 Å². The first-order valence-corrected chi connectivity index (χ1v) is 6.70. The van der Waals surface area contributed by atoms with Crippen LogP contribution in [0, 0.1) is 5.82 Å². The fourth-order valence-electron chi connectivity index (χ4n) is 2.51. The van der Waals surface area contributed by atoms with Gasteiger partial charge in [0.15, 0.2) is 6.29 Å². The molecule has 0 aliphatic carbocycles. The normalized spacial score (nSPS) is 22.1. The van der Waals surface area contributed by atoms with Crippen molar-refractivity contribution in [3.63, 3.8) is 0 Å². The number of hydrogen-bond acceptors (Lipinski definition) is 4. The summed E-state index contributed by atoms with van der Waals surface area (Å²) in [5.41, 5.74) is 1.43. The van der Waals surface area contributed by atoms with Crippen molar-refractivity contribution in [2.45, 2.75) is 6.29 Å². The van der Waals surface area contributed by atoms with Gasteiger partial charge in [0.25, 0.3) is 0 Å². The first-order valence-electron chi connectivity index (χ1n) is 6.70. The van der Waals surface area contributed by atoms with Crippen LogP contribution in [0.1, 0.15) is 11.9 Å². The number of anilines is 1. The van der Waals surface area contributed by atoms with Gasteiger partial charge in [-0.2, -0.15) is 0 Å². The van der Waals surface area contributed by atoms with Crippen LogP contribution in [0.5, 0.6) is 0 Å². The molecule has 2 aliphatic heterocycles. The van der Waals surface area contributed by atoms with Crippen LogP contribution < -0.4 is 4.90 Å². The monoisotopic (exact) mass is 266 g/mol. The van der Waals surface area contributed by atoms with E-state index in [1.165, 1.54) is 0 Å². The lowest BCUT2D eigenvalue weighted by Gasteiger charge is -2.34. The number of halogens is 1. The number of ether oxygens (including phenoxy) is 2. The number of hydrogen-bond donors (Lipinski definition) is 0. The zero-order chi connectivity index (χ0) is 13.2. The van der Waals surface area contributed by atoms with E-state index in [1.807, 2.05) is 6.07 Å². The number of benzene rings is 1. The van der Waals surface area contributed by atoms with E-state index < -0.39 is 6.29 Å². The third kappa shape index (κ3) is 2.73. The number of likely N-dealkylation sites (N-methyl/N-ethyl adjacent to an activating group) is 1. The first-order chi connectivity index (χ1) is 9.24. The average Bonchev–Trinajstić information content (AvgIpc) is 2.93.